The third kappa shape index (κ3) is 4.47. The molecule has 1 amide bonds. The van der Waals surface area contributed by atoms with Gasteiger partial charge >= 0.3 is 0 Å². The Morgan fingerprint density at radius 2 is 1.96 bits per heavy atom. The predicted molar refractivity (Wildman–Crippen MR) is 88.6 cm³/mol. The van der Waals surface area contributed by atoms with Crippen molar-refractivity contribution in [2.45, 2.75) is 0 Å². The first-order valence-electron chi connectivity index (χ1n) is 6.69. The SMILES string of the molecule is COc1ccc(/C=C/C(=O)Nc2cc(Cl)ccc2F)c(OC)c1. The maximum Gasteiger partial charge on any atom is 0.248 e. The van der Waals surface area contributed by atoms with Gasteiger partial charge in [-0.05, 0) is 36.4 Å². The summed E-state index contributed by atoms with van der Waals surface area (Å²) in [7, 11) is 3.07. The first-order valence-corrected chi connectivity index (χ1v) is 7.07. The fourth-order valence-electron chi connectivity index (χ4n) is 1.89. The van der Waals surface area contributed by atoms with Crippen LogP contribution in [0.3, 0.4) is 0 Å². The molecule has 0 unspecified atom stereocenters. The van der Waals surface area contributed by atoms with E-state index in [9.17, 15) is 9.18 Å². The standard InChI is InChI=1S/C17H15ClFNO3/c1-22-13-6-3-11(16(10-13)23-2)4-8-17(21)20-15-9-12(18)5-7-14(15)19/h3-10H,1-2H3,(H,20,21)/b8-4+. The average molecular weight is 336 g/mol. The average Bonchev–Trinajstić information content (AvgIpc) is 2.56. The van der Waals surface area contributed by atoms with Crippen molar-refractivity contribution in [3.8, 4) is 11.5 Å². The van der Waals surface area contributed by atoms with E-state index in [-0.39, 0.29) is 5.69 Å². The van der Waals surface area contributed by atoms with Crippen LogP contribution in [0.4, 0.5) is 10.1 Å². The Labute approximate surface area is 138 Å². The molecule has 0 atom stereocenters. The molecule has 0 spiro atoms. The molecule has 120 valence electrons. The van der Waals surface area contributed by atoms with Crippen molar-refractivity contribution in [1.29, 1.82) is 0 Å². The van der Waals surface area contributed by atoms with Crippen molar-refractivity contribution >= 4 is 29.3 Å². The number of carbonyl (C=O) groups excluding carboxylic acids is 1. The summed E-state index contributed by atoms with van der Waals surface area (Å²) >= 11 is 5.78. The van der Waals surface area contributed by atoms with E-state index in [1.54, 1.807) is 31.4 Å². The smallest absolute Gasteiger partial charge is 0.248 e. The minimum Gasteiger partial charge on any atom is -0.497 e. The van der Waals surface area contributed by atoms with Crippen LogP contribution in [0.2, 0.25) is 5.02 Å². The van der Waals surface area contributed by atoms with Gasteiger partial charge in [0.1, 0.15) is 17.3 Å². The summed E-state index contributed by atoms with van der Waals surface area (Å²) in [5.41, 5.74) is 0.712. The summed E-state index contributed by atoms with van der Waals surface area (Å²) in [5, 5.41) is 2.77. The monoisotopic (exact) mass is 335 g/mol. The van der Waals surface area contributed by atoms with Gasteiger partial charge in [-0.3, -0.25) is 4.79 Å². The zero-order valence-corrected chi connectivity index (χ0v) is 13.4. The van der Waals surface area contributed by atoms with Crippen molar-refractivity contribution in [3.05, 3.63) is 58.9 Å². The van der Waals surface area contributed by atoms with E-state index in [0.717, 1.165) is 0 Å². The summed E-state index contributed by atoms with van der Waals surface area (Å²) in [5.74, 6) is 0.161. The molecule has 23 heavy (non-hydrogen) atoms. The number of ether oxygens (including phenoxy) is 2. The molecule has 0 aliphatic carbocycles. The molecule has 0 saturated heterocycles. The fraction of sp³-hybridized carbons (Fsp3) is 0.118. The molecule has 2 aromatic carbocycles. The van der Waals surface area contributed by atoms with E-state index < -0.39 is 11.7 Å². The maximum absolute atomic E-state index is 13.6. The minimum atomic E-state index is -0.557. The summed E-state index contributed by atoms with van der Waals surface area (Å²) < 4.78 is 23.9. The van der Waals surface area contributed by atoms with Crippen LogP contribution >= 0.6 is 11.6 Å². The number of benzene rings is 2. The van der Waals surface area contributed by atoms with Gasteiger partial charge < -0.3 is 14.8 Å². The van der Waals surface area contributed by atoms with E-state index >= 15 is 0 Å². The second-order valence-electron chi connectivity index (χ2n) is 4.55. The summed E-state index contributed by atoms with van der Waals surface area (Å²) in [6.07, 6.45) is 2.85. The van der Waals surface area contributed by atoms with Crippen molar-refractivity contribution in [1.82, 2.24) is 0 Å². The molecule has 0 heterocycles. The van der Waals surface area contributed by atoms with Gasteiger partial charge in [0, 0.05) is 22.7 Å². The van der Waals surface area contributed by atoms with Crippen LogP contribution in [0.25, 0.3) is 6.08 Å². The van der Waals surface area contributed by atoms with Gasteiger partial charge in [-0.1, -0.05) is 11.6 Å². The van der Waals surface area contributed by atoms with Crippen LogP contribution in [0.5, 0.6) is 11.5 Å². The van der Waals surface area contributed by atoms with Crippen molar-refractivity contribution in [3.63, 3.8) is 0 Å². The molecule has 0 radical (unpaired) electrons. The Morgan fingerprint density at radius 3 is 2.65 bits per heavy atom. The number of hydrogen-bond donors (Lipinski definition) is 1. The molecule has 0 saturated carbocycles. The molecule has 0 bridgehead atoms. The van der Waals surface area contributed by atoms with Crippen LogP contribution in [0.15, 0.2) is 42.5 Å². The Hall–Kier alpha value is -2.53. The van der Waals surface area contributed by atoms with Gasteiger partial charge in [0.2, 0.25) is 5.91 Å². The van der Waals surface area contributed by atoms with Crippen LogP contribution in [-0.2, 0) is 4.79 Å². The number of carbonyl (C=O) groups is 1. The normalized spacial score (nSPS) is 10.6. The number of amides is 1. The molecule has 4 nitrogen and oxygen atoms in total. The van der Waals surface area contributed by atoms with Crippen molar-refractivity contribution < 1.29 is 18.7 Å². The Bertz CT molecular complexity index is 747. The van der Waals surface area contributed by atoms with Crippen LogP contribution in [0.1, 0.15) is 5.56 Å². The minimum absolute atomic E-state index is 0.0221. The lowest BCUT2D eigenvalue weighted by atomic mass is 10.1. The quantitative estimate of drug-likeness (QED) is 0.835. The first-order chi connectivity index (χ1) is 11.0. The van der Waals surface area contributed by atoms with Crippen LogP contribution in [0, 0.1) is 5.82 Å². The lowest BCUT2D eigenvalue weighted by Crippen LogP contribution is -2.09. The largest absolute Gasteiger partial charge is 0.497 e. The van der Waals surface area contributed by atoms with Crippen molar-refractivity contribution in [2.24, 2.45) is 0 Å². The molecule has 2 aromatic rings. The van der Waals surface area contributed by atoms with E-state index in [4.69, 9.17) is 21.1 Å². The molecule has 2 rings (SSSR count). The molecular weight excluding hydrogens is 321 g/mol. The van der Waals surface area contributed by atoms with E-state index in [0.29, 0.717) is 22.1 Å². The molecule has 6 heteroatoms. The Balaban J connectivity index is 2.13. The van der Waals surface area contributed by atoms with Gasteiger partial charge in [0.15, 0.2) is 0 Å². The van der Waals surface area contributed by atoms with Gasteiger partial charge in [-0.2, -0.15) is 0 Å². The van der Waals surface area contributed by atoms with Crippen LogP contribution in [-0.4, -0.2) is 20.1 Å². The number of anilines is 1. The lowest BCUT2D eigenvalue weighted by molar-refractivity contribution is -0.111. The zero-order chi connectivity index (χ0) is 16.8. The third-order valence-corrected chi connectivity index (χ3v) is 3.28. The molecule has 0 fully saturated rings. The molecule has 0 aliphatic rings. The third-order valence-electron chi connectivity index (χ3n) is 3.04. The second-order valence-corrected chi connectivity index (χ2v) is 4.99. The Morgan fingerprint density at radius 1 is 1.17 bits per heavy atom. The predicted octanol–water partition coefficient (Wildman–Crippen LogP) is 4.15. The van der Waals surface area contributed by atoms with E-state index in [1.807, 2.05) is 0 Å². The highest BCUT2D eigenvalue weighted by molar-refractivity contribution is 6.30. The number of methoxy groups -OCH3 is 2. The maximum atomic E-state index is 13.6. The van der Waals surface area contributed by atoms with Gasteiger partial charge in [0.05, 0.1) is 19.9 Å². The highest BCUT2D eigenvalue weighted by Gasteiger charge is 2.06. The number of nitrogens with one attached hydrogen (secondary N) is 1. The topological polar surface area (TPSA) is 47.6 Å². The first kappa shape index (κ1) is 16.8. The molecule has 0 aliphatic heterocycles. The summed E-state index contributed by atoms with van der Waals surface area (Å²) in [4.78, 5) is 11.9. The number of hydrogen-bond acceptors (Lipinski definition) is 3. The van der Waals surface area contributed by atoms with Crippen molar-refractivity contribution in [2.75, 3.05) is 19.5 Å². The lowest BCUT2D eigenvalue weighted by Gasteiger charge is -2.07. The highest BCUT2D eigenvalue weighted by atomic mass is 35.5. The Kier molecular flexibility index (Phi) is 5.60. The fourth-order valence-corrected chi connectivity index (χ4v) is 2.06. The molecule has 1 N–H and O–H groups in total. The van der Waals surface area contributed by atoms with Gasteiger partial charge in [0.25, 0.3) is 0 Å². The van der Waals surface area contributed by atoms with E-state index in [2.05, 4.69) is 5.32 Å². The number of halogens is 2. The van der Waals surface area contributed by atoms with Gasteiger partial charge in [-0.25, -0.2) is 4.39 Å². The molecule has 0 aromatic heterocycles. The highest BCUT2D eigenvalue weighted by Crippen LogP contribution is 2.25. The van der Waals surface area contributed by atoms with Crippen LogP contribution < -0.4 is 14.8 Å². The van der Waals surface area contributed by atoms with Gasteiger partial charge in [-0.15, -0.1) is 0 Å². The second kappa shape index (κ2) is 7.65. The summed E-state index contributed by atoms with van der Waals surface area (Å²) in [6, 6.07) is 9.14. The molecular formula is C17H15ClFNO3. The summed E-state index contributed by atoms with van der Waals surface area (Å²) in [6.45, 7) is 0. The number of rotatable bonds is 5. The zero-order valence-electron chi connectivity index (χ0n) is 12.6. The van der Waals surface area contributed by atoms with E-state index in [1.165, 1.54) is 31.4 Å².